The van der Waals surface area contributed by atoms with E-state index in [4.69, 9.17) is 10.5 Å². The molecule has 2 aliphatic heterocycles. The highest BCUT2D eigenvalue weighted by Crippen LogP contribution is 2.34. The summed E-state index contributed by atoms with van der Waals surface area (Å²) in [7, 11) is 0. The van der Waals surface area contributed by atoms with Crippen molar-refractivity contribution in [2.75, 3.05) is 0 Å². The highest BCUT2D eigenvalue weighted by atomic mass is 35.5. The number of benzene rings is 1. The molecule has 2 bridgehead atoms. The summed E-state index contributed by atoms with van der Waals surface area (Å²) in [6.07, 6.45) is 3.71. The van der Waals surface area contributed by atoms with Gasteiger partial charge in [0.2, 0.25) is 5.91 Å². The third kappa shape index (κ3) is 3.39. The van der Waals surface area contributed by atoms with Gasteiger partial charge in [0.15, 0.2) is 0 Å². The van der Waals surface area contributed by atoms with E-state index in [1.165, 1.54) is 0 Å². The second-order valence-electron chi connectivity index (χ2n) is 5.95. The Morgan fingerprint density at radius 2 is 2.05 bits per heavy atom. The molecule has 4 nitrogen and oxygen atoms in total. The van der Waals surface area contributed by atoms with E-state index in [9.17, 15) is 4.79 Å². The Morgan fingerprint density at radius 1 is 1.33 bits per heavy atom. The molecule has 0 aliphatic carbocycles. The van der Waals surface area contributed by atoms with Crippen molar-refractivity contribution in [2.24, 2.45) is 11.7 Å². The van der Waals surface area contributed by atoms with Gasteiger partial charge in [-0.2, -0.15) is 0 Å². The van der Waals surface area contributed by atoms with E-state index in [-0.39, 0.29) is 42.4 Å². The first kappa shape index (κ1) is 16.3. The maximum atomic E-state index is 12.3. The number of nitrogens with one attached hydrogen (secondary N) is 1. The van der Waals surface area contributed by atoms with Gasteiger partial charge in [-0.05, 0) is 24.8 Å². The van der Waals surface area contributed by atoms with E-state index >= 15 is 0 Å². The molecular formula is C16H23ClN2O2. The Kier molecular flexibility index (Phi) is 5.25. The number of hydrogen-bond donors (Lipinski definition) is 2. The van der Waals surface area contributed by atoms with Crippen LogP contribution >= 0.6 is 12.4 Å². The SMILES string of the molecule is CC(C(=O)NC1CC2CCC1O2)C(N)c1ccccc1.Cl. The minimum Gasteiger partial charge on any atom is -0.373 e. The molecule has 0 spiro atoms. The number of carbonyl (C=O) groups excluding carboxylic acids is 1. The minimum absolute atomic E-state index is 0. The zero-order chi connectivity index (χ0) is 14.1. The summed E-state index contributed by atoms with van der Waals surface area (Å²) in [5.74, 6) is -0.209. The summed E-state index contributed by atoms with van der Waals surface area (Å²) >= 11 is 0. The van der Waals surface area contributed by atoms with Gasteiger partial charge in [0.1, 0.15) is 0 Å². The highest BCUT2D eigenvalue weighted by molar-refractivity contribution is 5.85. The van der Waals surface area contributed by atoms with Crippen LogP contribution in [0.3, 0.4) is 0 Å². The summed E-state index contributed by atoms with van der Waals surface area (Å²) in [6.45, 7) is 1.89. The van der Waals surface area contributed by atoms with Crippen LogP contribution in [0.2, 0.25) is 0 Å². The molecule has 0 radical (unpaired) electrons. The number of rotatable bonds is 4. The molecule has 3 rings (SSSR count). The molecule has 116 valence electrons. The lowest BCUT2D eigenvalue weighted by molar-refractivity contribution is -0.126. The van der Waals surface area contributed by atoms with Crippen molar-refractivity contribution in [3.05, 3.63) is 35.9 Å². The number of halogens is 1. The fourth-order valence-electron chi connectivity index (χ4n) is 3.23. The molecular weight excluding hydrogens is 288 g/mol. The lowest BCUT2D eigenvalue weighted by Gasteiger charge is -2.25. The first-order valence-electron chi connectivity index (χ1n) is 7.41. The second-order valence-corrected chi connectivity index (χ2v) is 5.95. The van der Waals surface area contributed by atoms with Crippen molar-refractivity contribution < 1.29 is 9.53 Å². The molecule has 21 heavy (non-hydrogen) atoms. The first-order chi connectivity index (χ1) is 9.65. The van der Waals surface area contributed by atoms with E-state index in [1.54, 1.807) is 0 Å². The van der Waals surface area contributed by atoms with Crippen LogP contribution in [0.15, 0.2) is 30.3 Å². The number of nitrogens with two attached hydrogens (primary N) is 1. The average Bonchev–Trinajstić information content (AvgIpc) is 3.09. The number of amides is 1. The lowest BCUT2D eigenvalue weighted by atomic mass is 9.92. The molecule has 1 aromatic carbocycles. The Labute approximate surface area is 131 Å². The number of hydrogen-bond acceptors (Lipinski definition) is 3. The van der Waals surface area contributed by atoms with E-state index in [1.807, 2.05) is 37.3 Å². The fraction of sp³-hybridized carbons (Fsp3) is 0.562. The van der Waals surface area contributed by atoms with Gasteiger partial charge in [-0.3, -0.25) is 4.79 Å². The zero-order valence-corrected chi connectivity index (χ0v) is 13.0. The standard InChI is InChI=1S/C16H22N2O2.ClH/c1-10(15(17)11-5-3-2-4-6-11)16(19)18-13-9-12-7-8-14(13)20-12;/h2-6,10,12-15H,7-9,17H2,1H3,(H,18,19);1H. The Balaban J connectivity index is 0.00000161. The van der Waals surface area contributed by atoms with Gasteiger partial charge in [-0.25, -0.2) is 0 Å². The van der Waals surface area contributed by atoms with Crippen molar-refractivity contribution in [2.45, 2.75) is 50.5 Å². The molecule has 3 N–H and O–H groups in total. The fourth-order valence-corrected chi connectivity index (χ4v) is 3.23. The van der Waals surface area contributed by atoms with Crippen LogP contribution in [0, 0.1) is 5.92 Å². The van der Waals surface area contributed by atoms with E-state index in [0.717, 1.165) is 24.8 Å². The van der Waals surface area contributed by atoms with Crippen molar-refractivity contribution in [1.29, 1.82) is 0 Å². The number of fused-ring (bicyclic) bond motifs is 2. The van der Waals surface area contributed by atoms with Gasteiger partial charge >= 0.3 is 0 Å². The van der Waals surface area contributed by atoms with Gasteiger partial charge in [0, 0.05) is 6.04 Å². The van der Waals surface area contributed by atoms with Crippen LogP contribution in [0.25, 0.3) is 0 Å². The molecule has 0 aromatic heterocycles. The van der Waals surface area contributed by atoms with Crippen LogP contribution in [0.4, 0.5) is 0 Å². The minimum atomic E-state index is -0.268. The van der Waals surface area contributed by atoms with Crippen molar-refractivity contribution >= 4 is 18.3 Å². The van der Waals surface area contributed by atoms with E-state index < -0.39 is 0 Å². The molecule has 5 atom stereocenters. The van der Waals surface area contributed by atoms with Crippen LogP contribution < -0.4 is 11.1 Å². The van der Waals surface area contributed by atoms with Gasteiger partial charge in [-0.15, -0.1) is 12.4 Å². The third-order valence-corrected chi connectivity index (χ3v) is 4.57. The highest BCUT2D eigenvalue weighted by Gasteiger charge is 2.42. The molecule has 1 aromatic rings. The second kappa shape index (κ2) is 6.77. The molecule has 5 heteroatoms. The number of ether oxygens (including phenoxy) is 1. The predicted molar refractivity (Wildman–Crippen MR) is 84.2 cm³/mol. The Hall–Kier alpha value is -1.10. The topological polar surface area (TPSA) is 64.3 Å². The molecule has 0 saturated carbocycles. The van der Waals surface area contributed by atoms with Crippen LogP contribution in [0.5, 0.6) is 0 Å². The van der Waals surface area contributed by atoms with Crippen LogP contribution in [-0.2, 0) is 9.53 Å². The van der Waals surface area contributed by atoms with Gasteiger partial charge in [0.05, 0.1) is 24.2 Å². The van der Waals surface area contributed by atoms with Crippen molar-refractivity contribution in [3.8, 4) is 0 Å². The van der Waals surface area contributed by atoms with Gasteiger partial charge in [-0.1, -0.05) is 37.3 Å². The molecule has 1 amide bonds. The first-order valence-corrected chi connectivity index (χ1v) is 7.41. The van der Waals surface area contributed by atoms with E-state index in [2.05, 4.69) is 5.32 Å². The predicted octanol–water partition coefficient (Wildman–Crippen LogP) is 2.18. The Bertz CT molecular complexity index is 482. The Morgan fingerprint density at radius 3 is 2.62 bits per heavy atom. The van der Waals surface area contributed by atoms with Crippen molar-refractivity contribution in [3.63, 3.8) is 0 Å². The monoisotopic (exact) mass is 310 g/mol. The average molecular weight is 311 g/mol. The summed E-state index contributed by atoms with van der Waals surface area (Å²) in [4.78, 5) is 12.3. The van der Waals surface area contributed by atoms with Gasteiger partial charge < -0.3 is 15.8 Å². The van der Waals surface area contributed by atoms with E-state index in [0.29, 0.717) is 6.10 Å². The molecule has 2 heterocycles. The lowest BCUT2D eigenvalue weighted by Crippen LogP contribution is -2.45. The maximum absolute atomic E-state index is 12.3. The van der Waals surface area contributed by atoms with Crippen LogP contribution in [-0.4, -0.2) is 24.2 Å². The zero-order valence-electron chi connectivity index (χ0n) is 12.2. The largest absolute Gasteiger partial charge is 0.373 e. The molecule has 5 unspecified atom stereocenters. The summed E-state index contributed by atoms with van der Waals surface area (Å²) in [5, 5.41) is 3.12. The quantitative estimate of drug-likeness (QED) is 0.896. The summed E-state index contributed by atoms with van der Waals surface area (Å²) in [5.41, 5.74) is 7.20. The molecule has 2 fully saturated rings. The number of carbonyl (C=O) groups is 1. The maximum Gasteiger partial charge on any atom is 0.225 e. The summed E-state index contributed by atoms with van der Waals surface area (Å²) in [6, 6.07) is 9.69. The van der Waals surface area contributed by atoms with Crippen LogP contribution in [0.1, 0.15) is 37.8 Å². The summed E-state index contributed by atoms with van der Waals surface area (Å²) < 4.78 is 5.76. The normalized spacial score (nSPS) is 29.5. The van der Waals surface area contributed by atoms with Gasteiger partial charge in [0.25, 0.3) is 0 Å². The van der Waals surface area contributed by atoms with Crippen molar-refractivity contribution in [1.82, 2.24) is 5.32 Å². The third-order valence-electron chi connectivity index (χ3n) is 4.57. The smallest absolute Gasteiger partial charge is 0.225 e. The molecule has 2 aliphatic rings. The molecule has 2 saturated heterocycles.